The first kappa shape index (κ1) is 30.5. The molecule has 0 aliphatic carbocycles. The van der Waals surface area contributed by atoms with Gasteiger partial charge in [-0.1, -0.05) is 62.2 Å². The summed E-state index contributed by atoms with van der Waals surface area (Å²) in [6.07, 6.45) is 0.373. The molecule has 1 fully saturated rings. The van der Waals surface area contributed by atoms with Crippen molar-refractivity contribution in [2.24, 2.45) is 5.41 Å². The van der Waals surface area contributed by atoms with Crippen molar-refractivity contribution in [2.45, 2.75) is 69.9 Å². The zero-order chi connectivity index (χ0) is 28.3. The third kappa shape index (κ3) is 6.55. The molecule has 206 valence electrons. The van der Waals surface area contributed by atoms with Crippen LogP contribution in [0.2, 0.25) is 10.0 Å². The Balaban J connectivity index is 2.14. The molecule has 38 heavy (non-hydrogen) atoms. The number of nitrogens with zero attached hydrogens (tertiary/aromatic N) is 2. The fourth-order valence-electron chi connectivity index (χ4n) is 5.54. The molecule has 2 N–H and O–H groups in total. The summed E-state index contributed by atoms with van der Waals surface area (Å²) in [4.78, 5) is 14.9. The molecule has 0 aromatic heterocycles. The first-order valence-corrected chi connectivity index (χ1v) is 13.4. The fourth-order valence-corrected chi connectivity index (χ4v) is 5.88. The van der Waals surface area contributed by atoms with Crippen LogP contribution in [0.25, 0.3) is 0 Å². The number of hydrogen-bond donors (Lipinski definition) is 2. The summed E-state index contributed by atoms with van der Waals surface area (Å²) < 4.78 is 31.0. The van der Waals surface area contributed by atoms with Crippen molar-refractivity contribution >= 4 is 29.0 Å². The molecule has 0 saturated carbocycles. The standard InChI is InChI=1S/C29H34Cl2F2N2O3/c1-28(2,3)13-26-29(17-34,22-11-10-18(30)12-25(22)32)23(21-8-5-9-24(31)27(21)33)15-35(26)14-19(37)6-4-7-20(38)16-36/h5,8-12,20,23,26,36,38H,4,6-7,13-16H2,1-3H3/t20-,23+,26-,29+/m0/s1. The third-order valence-corrected chi connectivity index (χ3v) is 7.77. The highest BCUT2D eigenvalue weighted by molar-refractivity contribution is 6.31. The van der Waals surface area contributed by atoms with Gasteiger partial charge in [-0.3, -0.25) is 9.69 Å². The number of likely N-dealkylation sites (tertiary alicyclic amines) is 1. The van der Waals surface area contributed by atoms with E-state index < -0.39 is 35.1 Å². The number of nitriles is 1. The summed E-state index contributed by atoms with van der Waals surface area (Å²) in [5, 5.41) is 29.5. The van der Waals surface area contributed by atoms with Crippen molar-refractivity contribution in [3.05, 3.63) is 69.2 Å². The summed E-state index contributed by atoms with van der Waals surface area (Å²) >= 11 is 12.2. The lowest BCUT2D eigenvalue weighted by Crippen LogP contribution is -2.47. The molecule has 0 unspecified atom stereocenters. The average molecular weight is 568 g/mol. The van der Waals surface area contributed by atoms with Gasteiger partial charge in [0.25, 0.3) is 0 Å². The topological polar surface area (TPSA) is 84.6 Å². The van der Waals surface area contributed by atoms with E-state index in [0.29, 0.717) is 12.8 Å². The first-order valence-electron chi connectivity index (χ1n) is 12.7. The molecule has 9 heteroatoms. The molecule has 0 bridgehead atoms. The summed E-state index contributed by atoms with van der Waals surface area (Å²) in [5.74, 6) is -2.28. The van der Waals surface area contributed by atoms with E-state index in [0.717, 1.165) is 6.07 Å². The number of carbonyl (C=O) groups is 1. The summed E-state index contributed by atoms with van der Waals surface area (Å²) in [7, 11) is 0. The van der Waals surface area contributed by atoms with Gasteiger partial charge in [-0.05, 0) is 48.4 Å². The minimum Gasteiger partial charge on any atom is -0.394 e. The Hall–Kier alpha value is -2.08. The zero-order valence-electron chi connectivity index (χ0n) is 21.9. The second-order valence-corrected chi connectivity index (χ2v) is 12.1. The predicted octanol–water partition coefficient (Wildman–Crippen LogP) is 6.03. The van der Waals surface area contributed by atoms with Crippen molar-refractivity contribution in [3.8, 4) is 6.07 Å². The molecule has 2 aromatic rings. The molecule has 0 spiro atoms. The number of aliphatic hydroxyl groups is 2. The number of halogens is 4. The van der Waals surface area contributed by atoms with Gasteiger partial charge in [0.05, 0.1) is 30.3 Å². The number of hydrogen-bond acceptors (Lipinski definition) is 5. The molecule has 3 rings (SSSR count). The fraction of sp³-hybridized carbons (Fsp3) is 0.517. The van der Waals surface area contributed by atoms with E-state index in [9.17, 15) is 15.2 Å². The van der Waals surface area contributed by atoms with Crippen molar-refractivity contribution in [2.75, 3.05) is 19.7 Å². The molecule has 1 saturated heterocycles. The highest BCUT2D eigenvalue weighted by Gasteiger charge is 2.58. The van der Waals surface area contributed by atoms with Crippen LogP contribution in [0.5, 0.6) is 0 Å². The Morgan fingerprint density at radius 1 is 1.26 bits per heavy atom. The lowest BCUT2D eigenvalue weighted by Gasteiger charge is -2.39. The van der Waals surface area contributed by atoms with Gasteiger partial charge in [0.15, 0.2) is 0 Å². The molecule has 0 radical (unpaired) electrons. The van der Waals surface area contributed by atoms with E-state index in [1.807, 2.05) is 25.7 Å². The largest absolute Gasteiger partial charge is 0.394 e. The van der Waals surface area contributed by atoms with E-state index >= 15 is 8.78 Å². The van der Waals surface area contributed by atoms with Crippen LogP contribution < -0.4 is 0 Å². The molecule has 1 aliphatic rings. The Morgan fingerprint density at radius 2 is 1.97 bits per heavy atom. The van der Waals surface area contributed by atoms with Gasteiger partial charge in [-0.15, -0.1) is 0 Å². The van der Waals surface area contributed by atoms with Crippen LogP contribution in [0.15, 0.2) is 36.4 Å². The van der Waals surface area contributed by atoms with E-state index in [4.69, 9.17) is 28.3 Å². The monoisotopic (exact) mass is 566 g/mol. The number of benzene rings is 2. The van der Waals surface area contributed by atoms with Crippen LogP contribution in [0.3, 0.4) is 0 Å². The van der Waals surface area contributed by atoms with Gasteiger partial charge in [0, 0.05) is 35.5 Å². The highest BCUT2D eigenvalue weighted by Crippen LogP contribution is 2.53. The van der Waals surface area contributed by atoms with Gasteiger partial charge in [-0.2, -0.15) is 5.26 Å². The molecular weight excluding hydrogens is 533 g/mol. The van der Waals surface area contributed by atoms with Crippen molar-refractivity contribution < 1.29 is 23.8 Å². The smallest absolute Gasteiger partial charge is 0.146 e. The van der Waals surface area contributed by atoms with Gasteiger partial charge >= 0.3 is 0 Å². The summed E-state index contributed by atoms with van der Waals surface area (Å²) in [6, 6.07) is 10.5. The van der Waals surface area contributed by atoms with E-state index in [1.165, 1.54) is 18.2 Å². The predicted molar refractivity (Wildman–Crippen MR) is 144 cm³/mol. The molecule has 0 amide bonds. The third-order valence-electron chi connectivity index (χ3n) is 7.24. The van der Waals surface area contributed by atoms with Crippen molar-refractivity contribution in [3.63, 3.8) is 0 Å². The van der Waals surface area contributed by atoms with Crippen molar-refractivity contribution in [1.82, 2.24) is 4.90 Å². The summed E-state index contributed by atoms with van der Waals surface area (Å²) in [6.45, 7) is 5.73. The quantitative estimate of drug-likeness (QED) is 0.366. The first-order chi connectivity index (χ1) is 17.8. The minimum absolute atomic E-state index is 0.0205. The Bertz CT molecular complexity index is 1200. The number of carbonyl (C=O) groups excluding carboxylic acids is 1. The molecule has 1 aliphatic heterocycles. The second-order valence-electron chi connectivity index (χ2n) is 11.3. The molecule has 5 nitrogen and oxygen atoms in total. The number of rotatable bonds is 10. The summed E-state index contributed by atoms with van der Waals surface area (Å²) in [5.41, 5.74) is -1.57. The van der Waals surface area contributed by atoms with Gasteiger partial charge < -0.3 is 10.2 Å². The minimum atomic E-state index is -1.54. The lowest BCUT2D eigenvalue weighted by molar-refractivity contribution is -0.120. The molecule has 2 aromatic carbocycles. The van der Waals surface area contributed by atoms with Crippen LogP contribution >= 0.6 is 23.2 Å². The maximum absolute atomic E-state index is 15.6. The van der Waals surface area contributed by atoms with Crippen LogP contribution in [0.1, 0.15) is 63.5 Å². The number of aliphatic hydroxyl groups excluding tert-OH is 2. The van der Waals surface area contributed by atoms with E-state index in [-0.39, 0.29) is 64.9 Å². The van der Waals surface area contributed by atoms with Crippen LogP contribution in [-0.4, -0.2) is 52.7 Å². The van der Waals surface area contributed by atoms with Gasteiger partial charge in [0.2, 0.25) is 0 Å². The van der Waals surface area contributed by atoms with Crippen LogP contribution in [0, 0.1) is 28.4 Å². The SMILES string of the molecule is CC(C)(C)C[C@@H]1N(CC(=O)CCC[C@H](O)CO)C[C@H](c2cccc(Cl)c2F)[C@@]1(C#N)c1ccc(Cl)cc1F. The van der Waals surface area contributed by atoms with E-state index in [1.54, 1.807) is 12.1 Å². The average Bonchev–Trinajstić information content (AvgIpc) is 3.12. The van der Waals surface area contributed by atoms with Gasteiger partial charge in [0.1, 0.15) is 22.8 Å². The maximum atomic E-state index is 15.6. The number of Topliss-reactive ketones (excluding diaryl/α,β-unsaturated/α-hetero) is 1. The Kier molecular flexibility index (Phi) is 9.94. The molecule has 4 atom stereocenters. The second kappa shape index (κ2) is 12.4. The molecule has 1 heterocycles. The van der Waals surface area contributed by atoms with Crippen LogP contribution in [0.4, 0.5) is 8.78 Å². The number of ketones is 1. The normalized spacial score (nSPS) is 22.8. The van der Waals surface area contributed by atoms with Crippen molar-refractivity contribution in [1.29, 1.82) is 5.26 Å². The maximum Gasteiger partial charge on any atom is 0.146 e. The lowest BCUT2D eigenvalue weighted by atomic mass is 9.64. The molecular formula is C29H34Cl2F2N2O3. The highest BCUT2D eigenvalue weighted by atomic mass is 35.5. The zero-order valence-corrected chi connectivity index (χ0v) is 23.4. The Morgan fingerprint density at radius 3 is 2.58 bits per heavy atom. The van der Waals surface area contributed by atoms with Gasteiger partial charge in [-0.25, -0.2) is 8.78 Å². The Labute approximate surface area is 233 Å². The van der Waals surface area contributed by atoms with E-state index in [2.05, 4.69) is 6.07 Å². The van der Waals surface area contributed by atoms with Crippen LogP contribution in [-0.2, 0) is 10.2 Å².